The Labute approximate surface area is 178 Å². The largest absolute Gasteiger partial charge is 0.364 e. The van der Waals surface area contributed by atoms with E-state index in [0.29, 0.717) is 18.7 Å². The van der Waals surface area contributed by atoms with E-state index in [1.54, 1.807) is 6.07 Å². The molecule has 2 aliphatic rings. The second-order valence-electron chi connectivity index (χ2n) is 7.35. The van der Waals surface area contributed by atoms with E-state index in [-0.39, 0.29) is 22.6 Å². The van der Waals surface area contributed by atoms with Crippen LogP contribution in [0.15, 0.2) is 54.2 Å². The second kappa shape index (κ2) is 8.27. The van der Waals surface area contributed by atoms with Crippen LogP contribution in [0.3, 0.4) is 0 Å². The van der Waals surface area contributed by atoms with Crippen LogP contribution in [0.25, 0.3) is 5.57 Å². The second-order valence-corrected chi connectivity index (χ2v) is 7.35. The lowest BCUT2D eigenvalue weighted by molar-refractivity contribution is -0.384. The number of carbonyl (C=O) groups excluding carboxylic acids is 2. The molecule has 0 aliphatic carbocycles. The summed E-state index contributed by atoms with van der Waals surface area (Å²) < 4.78 is 14.5. The van der Waals surface area contributed by atoms with Gasteiger partial charge in [-0.15, -0.1) is 0 Å². The van der Waals surface area contributed by atoms with Crippen molar-refractivity contribution in [3.63, 3.8) is 0 Å². The number of amides is 2. The number of anilines is 1. The summed E-state index contributed by atoms with van der Waals surface area (Å²) in [6, 6.07) is 11.1. The molecule has 0 spiro atoms. The third kappa shape index (κ3) is 3.68. The van der Waals surface area contributed by atoms with Crippen molar-refractivity contribution >= 4 is 28.8 Å². The molecule has 0 bridgehead atoms. The standard InChI is InChI=1S/C22H21FN4O4/c1-2-24-11-13-25(14-12-24)20-19(15-7-9-16(10-8-15)27(30)31)21(28)26(22(20)29)18-6-4-3-5-17(18)23/h3-10H,2,11-14H2,1H3. The monoisotopic (exact) mass is 424 g/mol. The summed E-state index contributed by atoms with van der Waals surface area (Å²) in [5, 5.41) is 11.0. The Balaban J connectivity index is 1.79. The molecule has 0 unspecified atom stereocenters. The van der Waals surface area contributed by atoms with Crippen molar-refractivity contribution in [2.75, 3.05) is 37.6 Å². The molecule has 0 radical (unpaired) electrons. The van der Waals surface area contributed by atoms with E-state index in [4.69, 9.17) is 0 Å². The summed E-state index contributed by atoms with van der Waals surface area (Å²) in [6.07, 6.45) is 0. The van der Waals surface area contributed by atoms with Crippen LogP contribution < -0.4 is 4.90 Å². The van der Waals surface area contributed by atoms with Crippen molar-refractivity contribution in [3.05, 3.63) is 75.7 Å². The van der Waals surface area contributed by atoms with Crippen LogP contribution in [0.5, 0.6) is 0 Å². The lowest BCUT2D eigenvalue weighted by Crippen LogP contribution is -2.47. The van der Waals surface area contributed by atoms with Gasteiger partial charge in [-0.25, -0.2) is 9.29 Å². The van der Waals surface area contributed by atoms with Gasteiger partial charge < -0.3 is 9.80 Å². The van der Waals surface area contributed by atoms with Gasteiger partial charge in [0, 0.05) is 38.3 Å². The number of hydrogen-bond acceptors (Lipinski definition) is 6. The van der Waals surface area contributed by atoms with E-state index in [1.807, 2.05) is 4.90 Å². The molecule has 4 rings (SSSR count). The number of para-hydroxylation sites is 1. The first kappa shape index (κ1) is 20.7. The maximum atomic E-state index is 14.5. The third-order valence-electron chi connectivity index (χ3n) is 5.66. The average Bonchev–Trinajstić information content (AvgIpc) is 3.04. The molecule has 8 nitrogen and oxygen atoms in total. The van der Waals surface area contributed by atoms with Crippen LogP contribution in [-0.4, -0.2) is 59.3 Å². The minimum atomic E-state index is -0.677. The van der Waals surface area contributed by atoms with Crippen LogP contribution in [0.1, 0.15) is 12.5 Å². The van der Waals surface area contributed by atoms with Crippen LogP contribution >= 0.6 is 0 Å². The lowest BCUT2D eigenvalue weighted by atomic mass is 10.0. The number of non-ortho nitro benzene ring substituents is 1. The van der Waals surface area contributed by atoms with Gasteiger partial charge in [-0.1, -0.05) is 19.1 Å². The van der Waals surface area contributed by atoms with Gasteiger partial charge in [0.25, 0.3) is 17.5 Å². The smallest absolute Gasteiger partial charge is 0.282 e. The van der Waals surface area contributed by atoms with Crippen molar-refractivity contribution in [1.82, 2.24) is 9.80 Å². The molecule has 2 amide bonds. The quantitative estimate of drug-likeness (QED) is 0.417. The Bertz CT molecular complexity index is 1080. The van der Waals surface area contributed by atoms with Crippen molar-refractivity contribution < 1.29 is 18.9 Å². The number of nitrogens with zero attached hydrogens (tertiary/aromatic N) is 4. The summed E-state index contributed by atoms with van der Waals surface area (Å²) in [4.78, 5) is 42.2. The highest BCUT2D eigenvalue weighted by Crippen LogP contribution is 2.36. The number of benzene rings is 2. The van der Waals surface area contributed by atoms with Gasteiger partial charge in [0.05, 0.1) is 16.2 Å². The van der Waals surface area contributed by atoms with E-state index >= 15 is 0 Å². The van der Waals surface area contributed by atoms with Gasteiger partial charge >= 0.3 is 0 Å². The fourth-order valence-corrected chi connectivity index (χ4v) is 3.96. The molecule has 31 heavy (non-hydrogen) atoms. The highest BCUT2D eigenvalue weighted by Gasteiger charge is 2.43. The zero-order chi connectivity index (χ0) is 22.1. The molecule has 0 atom stereocenters. The molecular weight excluding hydrogens is 403 g/mol. The van der Waals surface area contributed by atoms with E-state index in [0.717, 1.165) is 24.5 Å². The Morgan fingerprint density at radius 2 is 1.61 bits per heavy atom. The molecule has 2 heterocycles. The number of nitro groups is 1. The van der Waals surface area contributed by atoms with Crippen molar-refractivity contribution in [2.24, 2.45) is 0 Å². The van der Waals surface area contributed by atoms with Crippen molar-refractivity contribution in [3.8, 4) is 0 Å². The summed E-state index contributed by atoms with van der Waals surface area (Å²) in [5.41, 5.74) is 0.492. The highest BCUT2D eigenvalue weighted by atomic mass is 19.1. The maximum absolute atomic E-state index is 14.5. The predicted molar refractivity (Wildman–Crippen MR) is 113 cm³/mol. The summed E-state index contributed by atoms with van der Waals surface area (Å²) >= 11 is 0. The van der Waals surface area contributed by atoms with E-state index < -0.39 is 22.6 Å². The topological polar surface area (TPSA) is 87.0 Å². The van der Waals surface area contributed by atoms with Crippen LogP contribution in [0.4, 0.5) is 15.8 Å². The number of halogens is 1. The highest BCUT2D eigenvalue weighted by molar-refractivity contribution is 6.45. The van der Waals surface area contributed by atoms with Crippen molar-refractivity contribution in [2.45, 2.75) is 6.92 Å². The SMILES string of the molecule is CCN1CCN(C2=C(c3ccc([N+](=O)[O-])cc3)C(=O)N(c3ccccc3F)C2=O)CC1. The van der Waals surface area contributed by atoms with Gasteiger partial charge in [0.15, 0.2) is 0 Å². The Kier molecular flexibility index (Phi) is 5.51. The minimum Gasteiger partial charge on any atom is -0.364 e. The predicted octanol–water partition coefficient (Wildman–Crippen LogP) is 2.66. The normalized spacial score (nSPS) is 17.6. The molecule has 1 saturated heterocycles. The zero-order valence-corrected chi connectivity index (χ0v) is 17.0. The number of imide groups is 1. The van der Waals surface area contributed by atoms with E-state index in [2.05, 4.69) is 11.8 Å². The molecule has 0 N–H and O–H groups in total. The van der Waals surface area contributed by atoms with Crippen LogP contribution in [0, 0.1) is 15.9 Å². The molecule has 160 valence electrons. The van der Waals surface area contributed by atoms with E-state index in [9.17, 15) is 24.1 Å². The minimum absolute atomic E-state index is 0.112. The number of likely N-dealkylation sites (N-methyl/N-ethyl adjacent to an activating group) is 1. The Hall–Kier alpha value is -3.59. The van der Waals surface area contributed by atoms with Crippen LogP contribution in [0.2, 0.25) is 0 Å². The number of carbonyl (C=O) groups is 2. The number of nitro benzene ring substituents is 1. The number of rotatable bonds is 5. The van der Waals surface area contributed by atoms with Gasteiger partial charge in [0.1, 0.15) is 11.5 Å². The third-order valence-corrected chi connectivity index (χ3v) is 5.66. The molecular formula is C22H21FN4O4. The van der Waals surface area contributed by atoms with Gasteiger partial charge in [-0.3, -0.25) is 19.7 Å². The summed E-state index contributed by atoms with van der Waals surface area (Å²) in [5.74, 6) is -1.91. The lowest BCUT2D eigenvalue weighted by Gasteiger charge is -2.36. The molecule has 1 fully saturated rings. The van der Waals surface area contributed by atoms with Gasteiger partial charge in [-0.05, 0) is 36.4 Å². The van der Waals surface area contributed by atoms with Gasteiger partial charge in [-0.2, -0.15) is 0 Å². The maximum Gasteiger partial charge on any atom is 0.282 e. The van der Waals surface area contributed by atoms with Gasteiger partial charge in [0.2, 0.25) is 0 Å². The molecule has 0 aromatic heterocycles. The molecule has 2 aliphatic heterocycles. The Morgan fingerprint density at radius 3 is 2.19 bits per heavy atom. The van der Waals surface area contributed by atoms with E-state index in [1.165, 1.54) is 42.5 Å². The first-order chi connectivity index (χ1) is 14.9. The number of hydrogen-bond donors (Lipinski definition) is 0. The molecule has 2 aromatic rings. The van der Waals surface area contributed by atoms with Crippen molar-refractivity contribution in [1.29, 1.82) is 0 Å². The van der Waals surface area contributed by atoms with Crippen LogP contribution in [-0.2, 0) is 9.59 Å². The zero-order valence-electron chi connectivity index (χ0n) is 17.0. The fourth-order valence-electron chi connectivity index (χ4n) is 3.96. The summed E-state index contributed by atoms with van der Waals surface area (Å²) in [6.45, 7) is 5.49. The molecule has 0 saturated carbocycles. The first-order valence-electron chi connectivity index (χ1n) is 10.0. The first-order valence-corrected chi connectivity index (χ1v) is 10.0. The Morgan fingerprint density at radius 1 is 0.968 bits per heavy atom. The fraction of sp³-hybridized carbons (Fsp3) is 0.273. The molecule has 9 heteroatoms. The number of piperazine rings is 1. The average molecular weight is 424 g/mol. The molecule has 2 aromatic carbocycles. The summed E-state index contributed by atoms with van der Waals surface area (Å²) in [7, 11) is 0.